The summed E-state index contributed by atoms with van der Waals surface area (Å²) in [4.78, 5) is 14.9. The van der Waals surface area contributed by atoms with Crippen LogP contribution in [0.4, 0.5) is 0 Å². The molecule has 6 heteroatoms. The molecule has 2 aromatic carbocycles. The topological polar surface area (TPSA) is 41.6 Å². The highest BCUT2D eigenvalue weighted by atomic mass is 35.5. The zero-order valence-corrected chi connectivity index (χ0v) is 16.4. The van der Waals surface area contributed by atoms with Crippen LogP contribution in [0.1, 0.15) is 23.7 Å². The zero-order valence-electron chi connectivity index (χ0n) is 14.9. The number of nitrogens with zero attached hydrogens (tertiary/aromatic N) is 1. The third kappa shape index (κ3) is 4.46. The number of morpholine rings is 1. The molecule has 1 amide bonds. The Bertz CT molecular complexity index is 815. The number of nitrogens with one attached hydrogen (secondary N) is 1. The van der Waals surface area contributed by atoms with Crippen molar-refractivity contribution in [2.45, 2.75) is 31.0 Å². The van der Waals surface area contributed by atoms with Gasteiger partial charge in [-0.1, -0.05) is 59.6 Å². The van der Waals surface area contributed by atoms with Gasteiger partial charge in [0.1, 0.15) is 0 Å². The highest BCUT2D eigenvalue weighted by molar-refractivity contribution is 6.42. The van der Waals surface area contributed by atoms with E-state index in [0.717, 1.165) is 25.1 Å². The summed E-state index contributed by atoms with van der Waals surface area (Å²) in [6.45, 7) is 2.44. The lowest BCUT2D eigenvalue weighted by Gasteiger charge is -2.35. The summed E-state index contributed by atoms with van der Waals surface area (Å²) in [5.74, 6) is 0.0127. The molecule has 0 radical (unpaired) electrons. The van der Waals surface area contributed by atoms with Crippen molar-refractivity contribution in [1.82, 2.24) is 10.2 Å². The molecule has 2 aliphatic heterocycles. The third-order valence-electron chi connectivity index (χ3n) is 5.30. The van der Waals surface area contributed by atoms with Gasteiger partial charge in [0.25, 0.3) is 0 Å². The van der Waals surface area contributed by atoms with E-state index in [1.54, 1.807) is 12.1 Å². The normalized spacial score (nSPS) is 25.2. The number of halogens is 2. The van der Waals surface area contributed by atoms with Crippen molar-refractivity contribution in [2.75, 3.05) is 19.7 Å². The maximum atomic E-state index is 12.4. The number of ether oxygens (including phenoxy) is 1. The van der Waals surface area contributed by atoms with E-state index in [4.69, 9.17) is 27.9 Å². The van der Waals surface area contributed by atoms with Crippen LogP contribution in [0, 0.1) is 0 Å². The first-order valence-corrected chi connectivity index (χ1v) is 9.98. The van der Waals surface area contributed by atoms with E-state index in [1.165, 1.54) is 5.56 Å². The summed E-state index contributed by atoms with van der Waals surface area (Å²) < 4.78 is 6.07. The number of rotatable bonds is 4. The zero-order chi connectivity index (χ0) is 18.8. The van der Waals surface area contributed by atoms with Gasteiger partial charge >= 0.3 is 0 Å². The van der Waals surface area contributed by atoms with Gasteiger partial charge in [0.2, 0.25) is 5.91 Å². The molecule has 0 aliphatic carbocycles. The summed E-state index contributed by atoms with van der Waals surface area (Å²) in [7, 11) is 0. The van der Waals surface area contributed by atoms with E-state index in [-0.39, 0.29) is 18.1 Å². The molecule has 2 fully saturated rings. The standard InChI is InChI=1S/C21H22Cl2N2O2/c22-18-7-6-14(8-19(18)23)9-21(26)24-16-10-17-13-27-20(12-25(17)11-16)15-4-2-1-3-5-15/h1-8,16-17,20H,9-13H2,(H,24,26)/t16-,17+,20-/m1/s1. The maximum Gasteiger partial charge on any atom is 0.224 e. The third-order valence-corrected chi connectivity index (χ3v) is 6.04. The molecule has 1 N–H and O–H groups in total. The van der Waals surface area contributed by atoms with E-state index in [0.29, 0.717) is 29.1 Å². The fraction of sp³-hybridized carbons (Fsp3) is 0.381. The number of carbonyl (C=O) groups excluding carboxylic acids is 1. The van der Waals surface area contributed by atoms with Crippen molar-refractivity contribution in [3.63, 3.8) is 0 Å². The van der Waals surface area contributed by atoms with Crippen molar-refractivity contribution < 1.29 is 9.53 Å². The molecule has 0 spiro atoms. The number of carbonyl (C=O) groups is 1. The number of hydrogen-bond acceptors (Lipinski definition) is 3. The van der Waals surface area contributed by atoms with Gasteiger partial charge in [-0.15, -0.1) is 0 Å². The van der Waals surface area contributed by atoms with Crippen LogP contribution in [-0.4, -0.2) is 42.6 Å². The average Bonchev–Trinajstić information content (AvgIpc) is 3.06. The lowest BCUT2D eigenvalue weighted by atomic mass is 10.1. The SMILES string of the molecule is O=C(Cc1ccc(Cl)c(Cl)c1)N[C@@H]1C[C@H]2CO[C@@H](c3ccccc3)CN2C1. The van der Waals surface area contributed by atoms with Crippen LogP contribution in [0.5, 0.6) is 0 Å². The highest BCUT2D eigenvalue weighted by Gasteiger charge is 2.38. The molecular formula is C21H22Cl2N2O2. The van der Waals surface area contributed by atoms with Gasteiger partial charge in [-0.25, -0.2) is 0 Å². The molecule has 0 aromatic heterocycles. The second-order valence-corrected chi connectivity index (χ2v) is 8.08. The van der Waals surface area contributed by atoms with E-state index in [2.05, 4.69) is 22.3 Å². The molecule has 3 atom stereocenters. The molecule has 4 rings (SSSR count). The Labute approximate surface area is 169 Å². The smallest absolute Gasteiger partial charge is 0.224 e. The number of fused-ring (bicyclic) bond motifs is 1. The van der Waals surface area contributed by atoms with E-state index >= 15 is 0 Å². The predicted octanol–water partition coefficient (Wildman–Crippen LogP) is 3.87. The summed E-state index contributed by atoms with van der Waals surface area (Å²) in [5.41, 5.74) is 2.08. The van der Waals surface area contributed by atoms with Crippen molar-refractivity contribution in [3.05, 3.63) is 69.7 Å². The maximum absolute atomic E-state index is 12.4. The van der Waals surface area contributed by atoms with Gasteiger partial charge < -0.3 is 10.1 Å². The van der Waals surface area contributed by atoms with Crippen molar-refractivity contribution in [3.8, 4) is 0 Å². The van der Waals surface area contributed by atoms with Crippen molar-refractivity contribution in [2.24, 2.45) is 0 Å². The van der Waals surface area contributed by atoms with Gasteiger partial charge in [-0.3, -0.25) is 9.69 Å². The van der Waals surface area contributed by atoms with Crippen molar-refractivity contribution >= 4 is 29.1 Å². The van der Waals surface area contributed by atoms with Crippen LogP contribution in [0.15, 0.2) is 48.5 Å². The molecule has 2 aromatic rings. The van der Waals surface area contributed by atoms with E-state index in [1.807, 2.05) is 24.3 Å². The Kier molecular flexibility index (Phi) is 5.69. The monoisotopic (exact) mass is 404 g/mol. The van der Waals surface area contributed by atoms with Crippen LogP contribution >= 0.6 is 23.2 Å². The summed E-state index contributed by atoms with van der Waals surface area (Å²) in [6.07, 6.45) is 1.34. The summed E-state index contributed by atoms with van der Waals surface area (Å²) in [6, 6.07) is 16.2. The lowest BCUT2D eigenvalue weighted by molar-refractivity contribution is -0.121. The van der Waals surface area contributed by atoms with Crippen LogP contribution in [0.25, 0.3) is 0 Å². The molecule has 2 heterocycles. The largest absolute Gasteiger partial charge is 0.371 e. The van der Waals surface area contributed by atoms with E-state index in [9.17, 15) is 4.79 Å². The number of hydrogen-bond donors (Lipinski definition) is 1. The van der Waals surface area contributed by atoms with Gasteiger partial charge in [0, 0.05) is 25.2 Å². The predicted molar refractivity (Wildman–Crippen MR) is 107 cm³/mol. The molecule has 142 valence electrons. The molecule has 2 aliphatic rings. The fourth-order valence-electron chi connectivity index (χ4n) is 3.96. The first-order valence-electron chi connectivity index (χ1n) is 9.22. The van der Waals surface area contributed by atoms with Gasteiger partial charge in [-0.05, 0) is 29.7 Å². The second-order valence-electron chi connectivity index (χ2n) is 7.27. The average molecular weight is 405 g/mol. The minimum absolute atomic E-state index is 0.0127. The van der Waals surface area contributed by atoms with Crippen LogP contribution in [0.2, 0.25) is 10.0 Å². The van der Waals surface area contributed by atoms with Crippen LogP contribution in [-0.2, 0) is 16.0 Å². The van der Waals surface area contributed by atoms with E-state index < -0.39 is 0 Å². The fourth-order valence-corrected chi connectivity index (χ4v) is 4.28. The Hall–Kier alpha value is -1.59. The van der Waals surface area contributed by atoms with Gasteiger partial charge in [0.05, 0.1) is 29.2 Å². The molecular weight excluding hydrogens is 383 g/mol. The lowest BCUT2D eigenvalue weighted by Crippen LogP contribution is -2.43. The van der Waals surface area contributed by atoms with Crippen LogP contribution < -0.4 is 5.32 Å². The summed E-state index contributed by atoms with van der Waals surface area (Å²) in [5, 5.41) is 4.14. The molecule has 0 saturated carbocycles. The minimum Gasteiger partial charge on any atom is -0.371 e. The number of amides is 1. The first-order chi connectivity index (χ1) is 13.1. The molecule has 4 nitrogen and oxygen atoms in total. The molecule has 0 bridgehead atoms. The first kappa shape index (κ1) is 18.8. The Morgan fingerprint density at radius 1 is 1.11 bits per heavy atom. The van der Waals surface area contributed by atoms with Crippen LogP contribution in [0.3, 0.4) is 0 Å². The molecule has 27 heavy (non-hydrogen) atoms. The Morgan fingerprint density at radius 2 is 1.93 bits per heavy atom. The Morgan fingerprint density at radius 3 is 2.70 bits per heavy atom. The quantitative estimate of drug-likeness (QED) is 0.840. The minimum atomic E-state index is 0.0127. The molecule has 0 unspecified atom stereocenters. The second kappa shape index (κ2) is 8.19. The van der Waals surface area contributed by atoms with Gasteiger partial charge in [0.15, 0.2) is 0 Å². The Balaban J connectivity index is 1.31. The number of benzene rings is 2. The molecule has 2 saturated heterocycles. The van der Waals surface area contributed by atoms with Gasteiger partial charge in [-0.2, -0.15) is 0 Å². The summed E-state index contributed by atoms with van der Waals surface area (Å²) >= 11 is 12.0. The highest BCUT2D eigenvalue weighted by Crippen LogP contribution is 2.30. The van der Waals surface area contributed by atoms with Crippen molar-refractivity contribution in [1.29, 1.82) is 0 Å².